The topological polar surface area (TPSA) is 69.1 Å². The van der Waals surface area contributed by atoms with Crippen LogP contribution in [0.15, 0.2) is 46.9 Å². The number of aromatic nitrogens is 1. The van der Waals surface area contributed by atoms with Crippen molar-refractivity contribution in [1.82, 2.24) is 4.98 Å². The summed E-state index contributed by atoms with van der Waals surface area (Å²) in [6.07, 6.45) is 0. The average Bonchev–Trinajstić information content (AvgIpc) is 2.81. The summed E-state index contributed by atoms with van der Waals surface area (Å²) in [5.41, 5.74) is 7.68. The van der Waals surface area contributed by atoms with Crippen LogP contribution in [0.2, 0.25) is 5.02 Å². The van der Waals surface area contributed by atoms with Crippen LogP contribution in [-0.2, 0) is 0 Å². The first-order valence-corrected chi connectivity index (χ1v) is 5.97. The van der Waals surface area contributed by atoms with E-state index in [0.29, 0.717) is 33.1 Å². The minimum atomic E-state index is -0.485. The molecule has 0 saturated carbocycles. The SMILES string of the molecule is NC(=O)c1cccc(-c2nc3cc(Cl)ccc3o2)c1. The van der Waals surface area contributed by atoms with Gasteiger partial charge in [0.2, 0.25) is 11.8 Å². The van der Waals surface area contributed by atoms with Crippen LogP contribution in [0.4, 0.5) is 0 Å². The molecule has 3 rings (SSSR count). The standard InChI is InChI=1S/C14H9ClN2O2/c15-10-4-5-12-11(7-10)17-14(19-12)9-3-1-2-8(6-9)13(16)18/h1-7H,(H2,16,18). The molecular formula is C14H9ClN2O2. The second-order valence-electron chi connectivity index (χ2n) is 4.08. The molecule has 0 radical (unpaired) electrons. The van der Waals surface area contributed by atoms with E-state index in [-0.39, 0.29) is 0 Å². The Kier molecular flexibility index (Phi) is 2.72. The zero-order valence-electron chi connectivity index (χ0n) is 9.76. The number of hydrogen-bond donors (Lipinski definition) is 1. The molecular weight excluding hydrogens is 264 g/mol. The Hall–Kier alpha value is -2.33. The van der Waals surface area contributed by atoms with Gasteiger partial charge in [0.1, 0.15) is 5.52 Å². The number of oxazole rings is 1. The van der Waals surface area contributed by atoms with Gasteiger partial charge in [-0.05, 0) is 36.4 Å². The summed E-state index contributed by atoms with van der Waals surface area (Å²) in [4.78, 5) is 15.5. The second kappa shape index (κ2) is 4.40. The Morgan fingerprint density at radius 3 is 2.84 bits per heavy atom. The molecule has 0 atom stereocenters. The van der Waals surface area contributed by atoms with E-state index < -0.39 is 5.91 Å². The Balaban J connectivity index is 2.13. The quantitative estimate of drug-likeness (QED) is 0.778. The number of benzene rings is 2. The predicted molar refractivity (Wildman–Crippen MR) is 73.0 cm³/mol. The lowest BCUT2D eigenvalue weighted by atomic mass is 10.1. The van der Waals surface area contributed by atoms with E-state index in [0.717, 1.165) is 0 Å². The molecule has 3 aromatic rings. The first-order chi connectivity index (χ1) is 9.13. The second-order valence-corrected chi connectivity index (χ2v) is 4.51. The molecule has 2 aromatic carbocycles. The van der Waals surface area contributed by atoms with Crippen LogP contribution in [0.25, 0.3) is 22.6 Å². The van der Waals surface area contributed by atoms with E-state index in [1.165, 1.54) is 0 Å². The predicted octanol–water partition coefficient (Wildman–Crippen LogP) is 3.25. The van der Waals surface area contributed by atoms with Crippen molar-refractivity contribution in [3.63, 3.8) is 0 Å². The highest BCUT2D eigenvalue weighted by Gasteiger charge is 2.10. The smallest absolute Gasteiger partial charge is 0.248 e. The molecule has 4 nitrogen and oxygen atoms in total. The summed E-state index contributed by atoms with van der Waals surface area (Å²) in [5.74, 6) is -0.0543. The molecule has 0 saturated heterocycles. The molecule has 0 aliphatic carbocycles. The normalized spacial score (nSPS) is 10.8. The Morgan fingerprint density at radius 2 is 2.05 bits per heavy atom. The van der Waals surface area contributed by atoms with Crippen LogP contribution in [0.1, 0.15) is 10.4 Å². The van der Waals surface area contributed by atoms with Crippen molar-refractivity contribution in [3.05, 3.63) is 53.1 Å². The molecule has 0 unspecified atom stereocenters. The number of fused-ring (bicyclic) bond motifs is 1. The number of amides is 1. The number of nitrogens with two attached hydrogens (primary N) is 1. The number of carbonyl (C=O) groups excluding carboxylic acids is 1. The minimum absolute atomic E-state index is 0.415. The van der Waals surface area contributed by atoms with Crippen molar-refractivity contribution in [2.75, 3.05) is 0 Å². The van der Waals surface area contributed by atoms with Gasteiger partial charge in [-0.25, -0.2) is 4.98 Å². The van der Waals surface area contributed by atoms with Gasteiger partial charge in [-0.15, -0.1) is 0 Å². The van der Waals surface area contributed by atoms with E-state index in [1.807, 2.05) is 0 Å². The van der Waals surface area contributed by atoms with Gasteiger partial charge in [0.05, 0.1) is 0 Å². The maximum atomic E-state index is 11.2. The Bertz CT molecular complexity index is 780. The van der Waals surface area contributed by atoms with Crippen LogP contribution in [0.3, 0.4) is 0 Å². The fraction of sp³-hybridized carbons (Fsp3) is 0. The van der Waals surface area contributed by atoms with Crippen LogP contribution < -0.4 is 5.73 Å². The minimum Gasteiger partial charge on any atom is -0.436 e. The summed E-state index contributed by atoms with van der Waals surface area (Å²) < 4.78 is 5.62. The van der Waals surface area contributed by atoms with Gasteiger partial charge in [-0.2, -0.15) is 0 Å². The Labute approximate surface area is 113 Å². The molecule has 5 heteroatoms. The molecule has 0 aliphatic heterocycles. The molecule has 2 N–H and O–H groups in total. The summed E-state index contributed by atoms with van der Waals surface area (Å²) in [7, 11) is 0. The van der Waals surface area contributed by atoms with Gasteiger partial charge in [-0.3, -0.25) is 4.79 Å². The maximum absolute atomic E-state index is 11.2. The van der Waals surface area contributed by atoms with Crippen LogP contribution >= 0.6 is 11.6 Å². The molecule has 0 spiro atoms. The van der Waals surface area contributed by atoms with Crippen molar-refractivity contribution in [3.8, 4) is 11.5 Å². The molecule has 94 valence electrons. The van der Waals surface area contributed by atoms with Gasteiger partial charge in [0, 0.05) is 16.1 Å². The lowest BCUT2D eigenvalue weighted by molar-refractivity contribution is 0.100. The first kappa shape index (κ1) is 11.7. The molecule has 0 bridgehead atoms. The number of nitrogens with zero attached hydrogens (tertiary/aromatic N) is 1. The largest absolute Gasteiger partial charge is 0.436 e. The summed E-state index contributed by atoms with van der Waals surface area (Å²) in [6.45, 7) is 0. The van der Waals surface area contributed by atoms with Gasteiger partial charge in [0.15, 0.2) is 5.58 Å². The van der Waals surface area contributed by atoms with Crippen LogP contribution in [-0.4, -0.2) is 10.9 Å². The lowest BCUT2D eigenvalue weighted by Crippen LogP contribution is -2.10. The number of primary amides is 1. The van der Waals surface area contributed by atoms with Crippen molar-refractivity contribution < 1.29 is 9.21 Å². The van der Waals surface area contributed by atoms with E-state index >= 15 is 0 Å². The first-order valence-electron chi connectivity index (χ1n) is 5.60. The highest BCUT2D eigenvalue weighted by molar-refractivity contribution is 6.31. The number of rotatable bonds is 2. The lowest BCUT2D eigenvalue weighted by Gasteiger charge is -1.98. The average molecular weight is 273 g/mol. The molecule has 0 fully saturated rings. The van der Waals surface area contributed by atoms with E-state index in [2.05, 4.69) is 4.98 Å². The van der Waals surface area contributed by atoms with Gasteiger partial charge >= 0.3 is 0 Å². The van der Waals surface area contributed by atoms with E-state index in [4.69, 9.17) is 21.8 Å². The fourth-order valence-corrected chi connectivity index (χ4v) is 2.00. The van der Waals surface area contributed by atoms with Crippen molar-refractivity contribution in [2.45, 2.75) is 0 Å². The summed E-state index contributed by atoms with van der Waals surface area (Å²) in [6, 6.07) is 12.0. The van der Waals surface area contributed by atoms with Gasteiger partial charge in [0.25, 0.3) is 0 Å². The fourth-order valence-electron chi connectivity index (χ4n) is 1.83. The Morgan fingerprint density at radius 1 is 1.21 bits per heavy atom. The van der Waals surface area contributed by atoms with Crippen molar-refractivity contribution in [2.24, 2.45) is 5.73 Å². The van der Waals surface area contributed by atoms with Gasteiger partial charge in [-0.1, -0.05) is 17.7 Å². The molecule has 1 aromatic heterocycles. The highest BCUT2D eigenvalue weighted by atomic mass is 35.5. The van der Waals surface area contributed by atoms with Crippen molar-refractivity contribution >= 4 is 28.6 Å². The van der Waals surface area contributed by atoms with E-state index in [9.17, 15) is 4.79 Å². The third kappa shape index (κ3) is 2.18. The third-order valence-electron chi connectivity index (χ3n) is 2.74. The summed E-state index contributed by atoms with van der Waals surface area (Å²) in [5, 5.41) is 0.596. The third-order valence-corrected chi connectivity index (χ3v) is 2.98. The zero-order valence-corrected chi connectivity index (χ0v) is 10.5. The molecule has 19 heavy (non-hydrogen) atoms. The number of halogens is 1. The molecule has 1 heterocycles. The summed E-state index contributed by atoms with van der Waals surface area (Å²) >= 11 is 5.90. The molecule has 1 amide bonds. The highest BCUT2D eigenvalue weighted by Crippen LogP contribution is 2.26. The van der Waals surface area contributed by atoms with Crippen LogP contribution in [0, 0.1) is 0 Å². The van der Waals surface area contributed by atoms with E-state index in [1.54, 1.807) is 42.5 Å². The van der Waals surface area contributed by atoms with Crippen molar-refractivity contribution in [1.29, 1.82) is 0 Å². The maximum Gasteiger partial charge on any atom is 0.248 e. The monoisotopic (exact) mass is 272 g/mol. The molecule has 0 aliphatic rings. The zero-order chi connectivity index (χ0) is 13.4. The number of hydrogen-bond acceptors (Lipinski definition) is 3. The van der Waals surface area contributed by atoms with Crippen LogP contribution in [0.5, 0.6) is 0 Å². The van der Waals surface area contributed by atoms with Gasteiger partial charge < -0.3 is 10.2 Å². The number of carbonyl (C=O) groups is 1.